The van der Waals surface area contributed by atoms with Gasteiger partial charge >= 0.3 is 5.97 Å². The van der Waals surface area contributed by atoms with Crippen LogP contribution in [0.25, 0.3) is 0 Å². The Hall–Kier alpha value is -0.610. The quantitative estimate of drug-likeness (QED) is 0.557. The molecule has 0 saturated heterocycles. The van der Waals surface area contributed by atoms with Crippen molar-refractivity contribution in [2.45, 2.75) is 25.3 Å². The number of aliphatic hydroxyl groups excluding tert-OH is 1. The number of hydrogen-bond donors (Lipinski definition) is 2. The topological polar surface area (TPSA) is 72.5 Å². The summed E-state index contributed by atoms with van der Waals surface area (Å²) in [6.45, 7) is 0.0967. The molecule has 0 aromatic carbocycles. The Morgan fingerprint density at radius 3 is 2.83 bits per heavy atom. The highest BCUT2D eigenvalue weighted by atomic mass is 16.5. The second-order valence-electron chi connectivity index (χ2n) is 3.19. The minimum Gasteiger partial charge on any atom is -0.464 e. The van der Waals surface area contributed by atoms with Gasteiger partial charge < -0.3 is 15.6 Å². The number of carbonyl (C=O) groups is 1. The summed E-state index contributed by atoms with van der Waals surface area (Å²) < 4.78 is 4.82. The molecule has 0 aromatic rings. The molecule has 0 spiro atoms. The van der Waals surface area contributed by atoms with Gasteiger partial charge in [0.15, 0.2) is 0 Å². The SMILES string of the molecule is N[C@H](CO)C(=O)OCCC1CC1. The lowest BCUT2D eigenvalue weighted by Gasteiger charge is -2.07. The first-order chi connectivity index (χ1) is 5.74. The molecule has 1 fully saturated rings. The third-order valence-electron chi connectivity index (χ3n) is 1.97. The molecule has 12 heavy (non-hydrogen) atoms. The van der Waals surface area contributed by atoms with Gasteiger partial charge in [0.25, 0.3) is 0 Å². The average Bonchev–Trinajstić information content (AvgIpc) is 2.86. The van der Waals surface area contributed by atoms with E-state index in [9.17, 15) is 4.79 Å². The molecule has 70 valence electrons. The molecule has 4 heteroatoms. The number of hydrogen-bond acceptors (Lipinski definition) is 4. The zero-order valence-electron chi connectivity index (χ0n) is 7.03. The van der Waals surface area contributed by atoms with Crippen LogP contribution >= 0.6 is 0 Å². The smallest absolute Gasteiger partial charge is 0.325 e. The van der Waals surface area contributed by atoms with Gasteiger partial charge in [0.2, 0.25) is 0 Å². The molecule has 0 aliphatic heterocycles. The second kappa shape index (κ2) is 4.42. The molecule has 1 aliphatic carbocycles. The minimum atomic E-state index is -0.871. The van der Waals surface area contributed by atoms with Crippen molar-refractivity contribution in [1.82, 2.24) is 0 Å². The fraction of sp³-hybridized carbons (Fsp3) is 0.875. The summed E-state index contributed by atoms with van der Waals surface area (Å²) in [7, 11) is 0. The molecule has 0 radical (unpaired) electrons. The van der Waals surface area contributed by atoms with Crippen molar-refractivity contribution in [1.29, 1.82) is 0 Å². The summed E-state index contributed by atoms with van der Waals surface area (Å²) in [6, 6.07) is -0.871. The van der Waals surface area contributed by atoms with Gasteiger partial charge in [-0.1, -0.05) is 12.8 Å². The summed E-state index contributed by atoms with van der Waals surface area (Å²) in [5, 5.41) is 8.50. The van der Waals surface area contributed by atoms with Crippen LogP contribution in [-0.2, 0) is 9.53 Å². The Kier molecular flexibility index (Phi) is 3.49. The van der Waals surface area contributed by atoms with Gasteiger partial charge in [0, 0.05) is 0 Å². The number of aliphatic hydroxyl groups is 1. The lowest BCUT2D eigenvalue weighted by atomic mass is 10.3. The van der Waals surface area contributed by atoms with E-state index >= 15 is 0 Å². The third kappa shape index (κ3) is 3.19. The van der Waals surface area contributed by atoms with E-state index < -0.39 is 12.0 Å². The number of ether oxygens (including phenoxy) is 1. The molecule has 0 amide bonds. The molecular weight excluding hydrogens is 158 g/mol. The van der Waals surface area contributed by atoms with Crippen molar-refractivity contribution in [3.8, 4) is 0 Å². The summed E-state index contributed by atoms with van der Waals surface area (Å²) in [5.41, 5.74) is 5.22. The van der Waals surface area contributed by atoms with E-state index in [1.165, 1.54) is 12.8 Å². The number of nitrogens with two attached hydrogens (primary N) is 1. The van der Waals surface area contributed by atoms with Crippen LogP contribution in [0.3, 0.4) is 0 Å². The summed E-state index contributed by atoms with van der Waals surface area (Å²) in [4.78, 5) is 10.9. The predicted octanol–water partition coefficient (Wildman–Crippen LogP) is -0.351. The maximum absolute atomic E-state index is 10.9. The minimum absolute atomic E-state index is 0.345. The summed E-state index contributed by atoms with van der Waals surface area (Å²) in [6.07, 6.45) is 3.44. The number of esters is 1. The van der Waals surface area contributed by atoms with Gasteiger partial charge in [0.1, 0.15) is 6.04 Å². The highest BCUT2D eigenvalue weighted by molar-refractivity contribution is 5.75. The van der Waals surface area contributed by atoms with Gasteiger partial charge in [-0.3, -0.25) is 4.79 Å². The van der Waals surface area contributed by atoms with Gasteiger partial charge in [-0.2, -0.15) is 0 Å². The number of carbonyl (C=O) groups excluding carboxylic acids is 1. The lowest BCUT2D eigenvalue weighted by molar-refractivity contribution is -0.146. The largest absolute Gasteiger partial charge is 0.464 e. The molecular formula is C8H15NO3. The lowest BCUT2D eigenvalue weighted by Crippen LogP contribution is -2.35. The molecule has 0 unspecified atom stereocenters. The molecule has 3 N–H and O–H groups in total. The molecule has 4 nitrogen and oxygen atoms in total. The van der Waals surface area contributed by atoms with Crippen LogP contribution < -0.4 is 5.73 Å². The molecule has 0 aromatic heterocycles. The van der Waals surface area contributed by atoms with Crippen LogP contribution in [0.4, 0.5) is 0 Å². The van der Waals surface area contributed by atoms with Gasteiger partial charge in [0.05, 0.1) is 13.2 Å². The van der Waals surface area contributed by atoms with Gasteiger partial charge in [-0.15, -0.1) is 0 Å². The average molecular weight is 173 g/mol. The first-order valence-corrected chi connectivity index (χ1v) is 4.27. The normalized spacial score (nSPS) is 18.8. The Balaban J connectivity index is 2.00. The van der Waals surface area contributed by atoms with Crippen molar-refractivity contribution in [2.75, 3.05) is 13.2 Å². The molecule has 1 atom stereocenters. The molecule has 1 rings (SSSR count). The zero-order valence-corrected chi connectivity index (χ0v) is 7.03. The highest BCUT2D eigenvalue weighted by Gasteiger charge is 2.22. The molecule has 0 bridgehead atoms. The maximum Gasteiger partial charge on any atom is 0.325 e. The van der Waals surface area contributed by atoms with E-state index in [2.05, 4.69) is 0 Å². The first kappa shape index (κ1) is 9.48. The Morgan fingerprint density at radius 1 is 1.67 bits per heavy atom. The number of rotatable bonds is 5. The molecule has 0 heterocycles. The van der Waals surface area contributed by atoms with E-state index in [4.69, 9.17) is 15.6 Å². The Morgan fingerprint density at radius 2 is 2.33 bits per heavy atom. The van der Waals surface area contributed by atoms with Crippen LogP contribution in [0.5, 0.6) is 0 Å². The first-order valence-electron chi connectivity index (χ1n) is 4.27. The van der Waals surface area contributed by atoms with Crippen LogP contribution in [0.2, 0.25) is 0 Å². The van der Waals surface area contributed by atoms with Crippen molar-refractivity contribution in [2.24, 2.45) is 11.7 Å². The highest BCUT2D eigenvalue weighted by Crippen LogP contribution is 2.32. The molecule has 1 saturated carbocycles. The Labute approximate surface area is 71.7 Å². The third-order valence-corrected chi connectivity index (χ3v) is 1.97. The second-order valence-corrected chi connectivity index (χ2v) is 3.19. The van der Waals surface area contributed by atoms with E-state index in [0.717, 1.165) is 12.3 Å². The van der Waals surface area contributed by atoms with Gasteiger partial charge in [-0.25, -0.2) is 0 Å². The predicted molar refractivity (Wildman–Crippen MR) is 43.4 cm³/mol. The van der Waals surface area contributed by atoms with Crippen molar-refractivity contribution < 1.29 is 14.6 Å². The standard InChI is InChI=1S/C8H15NO3/c9-7(5-10)8(11)12-4-3-6-1-2-6/h6-7,10H,1-5,9H2/t7-/m1/s1. The van der Waals surface area contributed by atoms with Gasteiger partial charge in [-0.05, 0) is 12.3 Å². The fourth-order valence-corrected chi connectivity index (χ4v) is 0.914. The van der Waals surface area contributed by atoms with Crippen LogP contribution in [-0.4, -0.2) is 30.3 Å². The van der Waals surface area contributed by atoms with E-state index in [1.807, 2.05) is 0 Å². The zero-order chi connectivity index (χ0) is 8.97. The summed E-state index contributed by atoms with van der Waals surface area (Å²) >= 11 is 0. The van der Waals surface area contributed by atoms with E-state index in [1.54, 1.807) is 0 Å². The van der Waals surface area contributed by atoms with Crippen LogP contribution in [0.15, 0.2) is 0 Å². The van der Waals surface area contributed by atoms with Crippen molar-refractivity contribution in [3.63, 3.8) is 0 Å². The Bertz CT molecular complexity index is 156. The van der Waals surface area contributed by atoms with E-state index in [0.29, 0.717) is 6.61 Å². The van der Waals surface area contributed by atoms with E-state index in [-0.39, 0.29) is 6.61 Å². The van der Waals surface area contributed by atoms with Crippen LogP contribution in [0, 0.1) is 5.92 Å². The maximum atomic E-state index is 10.9. The van der Waals surface area contributed by atoms with Crippen molar-refractivity contribution >= 4 is 5.97 Å². The van der Waals surface area contributed by atoms with Crippen molar-refractivity contribution in [3.05, 3.63) is 0 Å². The fourth-order valence-electron chi connectivity index (χ4n) is 0.914. The van der Waals surface area contributed by atoms with Crippen LogP contribution in [0.1, 0.15) is 19.3 Å². The monoisotopic (exact) mass is 173 g/mol. The summed E-state index contributed by atoms with van der Waals surface area (Å²) in [5.74, 6) is 0.251. The molecule has 1 aliphatic rings.